The first-order chi connectivity index (χ1) is 14.5. The van der Waals surface area contributed by atoms with Gasteiger partial charge in [-0.15, -0.1) is 0 Å². The number of nitrogens with one attached hydrogen (secondary N) is 2. The Hall–Kier alpha value is -3.81. The van der Waals surface area contributed by atoms with E-state index >= 15 is 0 Å². The van der Waals surface area contributed by atoms with E-state index in [9.17, 15) is 18.8 Å². The molecule has 4 rings (SSSR count). The van der Waals surface area contributed by atoms with E-state index in [0.29, 0.717) is 0 Å². The molecule has 2 aromatic carbocycles. The Kier molecular flexibility index (Phi) is 5.38. The van der Waals surface area contributed by atoms with Crippen LogP contribution in [0.25, 0.3) is 0 Å². The zero-order valence-electron chi connectivity index (χ0n) is 16.0. The van der Waals surface area contributed by atoms with Gasteiger partial charge in [0.15, 0.2) is 0 Å². The Morgan fingerprint density at radius 2 is 1.80 bits per heavy atom. The second-order valence-corrected chi connectivity index (χ2v) is 7.10. The van der Waals surface area contributed by atoms with E-state index in [0.717, 1.165) is 24.5 Å². The summed E-state index contributed by atoms with van der Waals surface area (Å²) in [4.78, 5) is 36.9. The Balaban J connectivity index is 1.52. The molecule has 1 heterocycles. The van der Waals surface area contributed by atoms with Crippen LogP contribution in [0, 0.1) is 5.82 Å². The zero-order valence-corrected chi connectivity index (χ0v) is 16.0. The molecule has 8 heteroatoms. The summed E-state index contributed by atoms with van der Waals surface area (Å²) in [6, 6.07) is 15.7. The number of hydrogen-bond donors (Lipinski definition) is 2. The molecule has 0 unspecified atom stereocenters. The summed E-state index contributed by atoms with van der Waals surface area (Å²) in [5.41, 5.74) is 0.677. The van der Waals surface area contributed by atoms with Crippen LogP contribution in [-0.2, 0) is 6.54 Å². The van der Waals surface area contributed by atoms with Crippen molar-refractivity contribution in [2.45, 2.75) is 25.4 Å². The van der Waals surface area contributed by atoms with Gasteiger partial charge in [0.25, 0.3) is 17.4 Å². The van der Waals surface area contributed by atoms with Crippen molar-refractivity contribution in [1.82, 2.24) is 15.1 Å². The number of carbonyl (C=O) groups is 2. The highest BCUT2D eigenvalue weighted by Crippen LogP contribution is 2.21. The highest BCUT2D eigenvalue weighted by atomic mass is 19.1. The normalized spacial score (nSPS) is 13.0. The Morgan fingerprint density at radius 3 is 2.53 bits per heavy atom. The van der Waals surface area contributed by atoms with Crippen LogP contribution in [0.1, 0.15) is 39.3 Å². The van der Waals surface area contributed by atoms with Crippen LogP contribution in [0.4, 0.5) is 10.1 Å². The third kappa shape index (κ3) is 4.60. The fourth-order valence-corrected chi connectivity index (χ4v) is 2.90. The second-order valence-electron chi connectivity index (χ2n) is 7.10. The first kappa shape index (κ1) is 19.5. The van der Waals surface area contributed by atoms with Gasteiger partial charge in [-0.05, 0) is 42.7 Å². The smallest absolute Gasteiger partial charge is 0.276 e. The molecule has 1 aromatic heterocycles. The molecule has 7 nitrogen and oxygen atoms in total. The monoisotopic (exact) mass is 406 g/mol. The summed E-state index contributed by atoms with van der Waals surface area (Å²) in [6.07, 6.45) is 1.77. The van der Waals surface area contributed by atoms with E-state index in [1.165, 1.54) is 28.9 Å². The predicted molar refractivity (Wildman–Crippen MR) is 109 cm³/mol. The van der Waals surface area contributed by atoms with Gasteiger partial charge in [-0.3, -0.25) is 14.4 Å². The molecular weight excluding hydrogens is 387 g/mol. The third-order valence-corrected chi connectivity index (χ3v) is 4.66. The number of aromatic nitrogens is 2. The minimum absolute atomic E-state index is 0.0267. The number of benzene rings is 2. The summed E-state index contributed by atoms with van der Waals surface area (Å²) >= 11 is 0. The summed E-state index contributed by atoms with van der Waals surface area (Å²) in [7, 11) is 0. The number of rotatable bonds is 6. The molecule has 0 aliphatic heterocycles. The fraction of sp³-hybridized carbons (Fsp3) is 0.182. The van der Waals surface area contributed by atoms with Crippen molar-refractivity contribution in [2.24, 2.45) is 0 Å². The predicted octanol–water partition coefficient (Wildman–Crippen LogP) is 2.58. The minimum atomic E-state index is -0.666. The van der Waals surface area contributed by atoms with Crippen molar-refractivity contribution in [1.29, 1.82) is 0 Å². The molecule has 1 saturated carbocycles. The van der Waals surface area contributed by atoms with Gasteiger partial charge in [0, 0.05) is 17.8 Å². The van der Waals surface area contributed by atoms with Gasteiger partial charge in [-0.25, -0.2) is 9.07 Å². The van der Waals surface area contributed by atoms with Crippen molar-refractivity contribution in [3.05, 3.63) is 93.7 Å². The van der Waals surface area contributed by atoms with Crippen molar-refractivity contribution in [3.63, 3.8) is 0 Å². The Labute approximate surface area is 171 Å². The van der Waals surface area contributed by atoms with Crippen molar-refractivity contribution in [2.75, 3.05) is 5.32 Å². The number of carbonyl (C=O) groups excluding carboxylic acids is 2. The van der Waals surface area contributed by atoms with E-state index in [1.807, 2.05) is 30.3 Å². The molecular formula is C22H19FN4O3. The van der Waals surface area contributed by atoms with Crippen LogP contribution < -0.4 is 16.2 Å². The van der Waals surface area contributed by atoms with Crippen LogP contribution in [0.3, 0.4) is 0 Å². The van der Waals surface area contributed by atoms with Crippen LogP contribution in [0.15, 0.2) is 65.5 Å². The fourth-order valence-electron chi connectivity index (χ4n) is 2.90. The van der Waals surface area contributed by atoms with Gasteiger partial charge >= 0.3 is 0 Å². The number of anilines is 1. The van der Waals surface area contributed by atoms with Gasteiger partial charge in [0.05, 0.1) is 12.1 Å². The van der Waals surface area contributed by atoms with E-state index < -0.39 is 17.6 Å². The Bertz CT molecular complexity index is 1160. The van der Waals surface area contributed by atoms with Crippen LogP contribution in [-0.4, -0.2) is 27.6 Å². The molecule has 2 N–H and O–H groups in total. The lowest BCUT2D eigenvalue weighted by Gasteiger charge is -2.10. The number of amides is 2. The third-order valence-electron chi connectivity index (χ3n) is 4.66. The standard InChI is InChI=1S/C22H19FN4O3/c23-18-9-8-16(12-17(18)21(29)24-15-6-7-15)25-22(30)19-10-11-20(28)27(26-19)13-14-4-2-1-3-5-14/h1-5,8-12,15H,6-7,13H2,(H,24,29)(H,25,30). The SMILES string of the molecule is O=C(Nc1ccc(F)c(C(=O)NC2CC2)c1)c1ccc(=O)n(Cc2ccccc2)n1. The van der Waals surface area contributed by atoms with Gasteiger partial charge in [-0.1, -0.05) is 30.3 Å². The average Bonchev–Trinajstić information content (AvgIpc) is 3.55. The first-order valence-corrected chi connectivity index (χ1v) is 9.53. The second kappa shape index (κ2) is 8.28. The lowest BCUT2D eigenvalue weighted by molar-refractivity contribution is 0.0945. The van der Waals surface area contributed by atoms with Gasteiger partial charge in [0.2, 0.25) is 0 Å². The molecule has 0 radical (unpaired) electrons. The van der Waals surface area contributed by atoms with Crippen LogP contribution in [0.5, 0.6) is 0 Å². The van der Waals surface area contributed by atoms with E-state index in [2.05, 4.69) is 15.7 Å². The number of nitrogens with zero attached hydrogens (tertiary/aromatic N) is 2. The largest absolute Gasteiger partial charge is 0.349 e. The minimum Gasteiger partial charge on any atom is -0.349 e. The van der Waals surface area contributed by atoms with Gasteiger partial charge in [0.1, 0.15) is 11.5 Å². The van der Waals surface area contributed by atoms with Crippen molar-refractivity contribution in [3.8, 4) is 0 Å². The average molecular weight is 406 g/mol. The van der Waals surface area contributed by atoms with E-state index in [1.54, 1.807) is 0 Å². The quantitative estimate of drug-likeness (QED) is 0.658. The maximum atomic E-state index is 14.0. The molecule has 0 bridgehead atoms. The van der Waals surface area contributed by atoms with Crippen LogP contribution >= 0.6 is 0 Å². The number of hydrogen-bond acceptors (Lipinski definition) is 4. The lowest BCUT2D eigenvalue weighted by Crippen LogP contribution is -2.27. The molecule has 3 aromatic rings. The summed E-state index contributed by atoms with van der Waals surface area (Å²) < 4.78 is 15.2. The molecule has 1 aliphatic rings. The molecule has 1 fully saturated rings. The van der Waals surface area contributed by atoms with Crippen LogP contribution in [0.2, 0.25) is 0 Å². The zero-order chi connectivity index (χ0) is 21.1. The molecule has 0 saturated heterocycles. The molecule has 1 aliphatic carbocycles. The molecule has 0 atom stereocenters. The van der Waals surface area contributed by atoms with Gasteiger partial charge < -0.3 is 10.6 Å². The maximum Gasteiger partial charge on any atom is 0.276 e. The highest BCUT2D eigenvalue weighted by molar-refractivity contribution is 6.03. The van der Waals surface area contributed by atoms with E-state index in [-0.39, 0.29) is 35.1 Å². The summed E-state index contributed by atoms with van der Waals surface area (Å²) in [5.74, 6) is -1.75. The molecule has 0 spiro atoms. The summed E-state index contributed by atoms with van der Waals surface area (Å²) in [6.45, 7) is 0.225. The summed E-state index contributed by atoms with van der Waals surface area (Å²) in [5, 5.41) is 9.44. The molecule has 2 amide bonds. The lowest BCUT2D eigenvalue weighted by atomic mass is 10.1. The maximum absolute atomic E-state index is 14.0. The first-order valence-electron chi connectivity index (χ1n) is 9.53. The molecule has 152 valence electrons. The van der Waals surface area contributed by atoms with Crippen molar-refractivity contribution >= 4 is 17.5 Å². The topological polar surface area (TPSA) is 93.1 Å². The van der Waals surface area contributed by atoms with E-state index in [4.69, 9.17) is 0 Å². The van der Waals surface area contributed by atoms with Crippen molar-refractivity contribution < 1.29 is 14.0 Å². The number of halogens is 1. The molecule has 30 heavy (non-hydrogen) atoms. The highest BCUT2D eigenvalue weighted by Gasteiger charge is 2.25. The van der Waals surface area contributed by atoms with Gasteiger partial charge in [-0.2, -0.15) is 5.10 Å². The Morgan fingerprint density at radius 1 is 1.03 bits per heavy atom.